The summed E-state index contributed by atoms with van der Waals surface area (Å²) in [6.45, 7) is 0.862. The van der Waals surface area contributed by atoms with E-state index < -0.39 is 0 Å². The maximum atomic E-state index is 3.94. The highest BCUT2D eigenvalue weighted by molar-refractivity contribution is 5.45. The van der Waals surface area contributed by atoms with E-state index in [1.807, 2.05) is 0 Å². The third-order valence-corrected chi connectivity index (χ3v) is 2.44. The molecule has 0 aliphatic carbocycles. The van der Waals surface area contributed by atoms with E-state index in [1.54, 1.807) is 0 Å². The Morgan fingerprint density at radius 3 is 1.41 bits per heavy atom. The molecule has 0 amide bonds. The zero-order chi connectivity index (χ0) is 10.7. The molecular formula is C11H22Cl3N3. The molecule has 0 spiro atoms. The van der Waals surface area contributed by atoms with Crippen LogP contribution in [0.5, 0.6) is 0 Å². The van der Waals surface area contributed by atoms with Crippen LogP contribution in [-0.2, 0) is 6.54 Å². The normalized spacial score (nSPS) is 9.35. The molecule has 0 unspecified atom stereocenters. The smallest absolute Gasteiger partial charge is 0.137 e. The Morgan fingerprint density at radius 2 is 1.18 bits per heavy atom. The highest BCUT2D eigenvalue weighted by Gasteiger charge is 2.10. The van der Waals surface area contributed by atoms with E-state index in [0.717, 1.165) is 6.54 Å². The average molecular weight is 303 g/mol. The summed E-state index contributed by atoms with van der Waals surface area (Å²) in [7, 11) is 8.60. The largest absolute Gasteiger partial charge is 1.00 e. The van der Waals surface area contributed by atoms with Crippen LogP contribution < -0.4 is 52.8 Å². The van der Waals surface area contributed by atoms with E-state index >= 15 is 0 Å². The number of rotatable bonds is 3. The lowest BCUT2D eigenvalue weighted by molar-refractivity contribution is -0.793. The summed E-state index contributed by atoms with van der Waals surface area (Å²) in [6, 6.07) is 6.72. The fourth-order valence-electron chi connectivity index (χ4n) is 1.41. The second-order valence-electron chi connectivity index (χ2n) is 4.17. The van der Waals surface area contributed by atoms with Crippen LogP contribution in [0.4, 0.5) is 11.4 Å². The average Bonchev–Trinajstić information content (AvgIpc) is 2.16. The molecule has 0 aromatic heterocycles. The van der Waals surface area contributed by atoms with Gasteiger partial charge in [-0.25, -0.2) is 0 Å². The third kappa shape index (κ3) is 6.46. The SMILES string of the molecule is C[NH+](C)c1cc(C[NH3+])cc([NH+](C)C)c1.[Cl-].[Cl-].[Cl-]. The highest BCUT2D eigenvalue weighted by Crippen LogP contribution is 2.11. The van der Waals surface area contributed by atoms with Crippen molar-refractivity contribution in [2.75, 3.05) is 28.2 Å². The molecular weight excluding hydrogens is 281 g/mol. The fourth-order valence-corrected chi connectivity index (χ4v) is 1.41. The Labute approximate surface area is 123 Å². The standard InChI is InChI=1S/C11H19N3.3ClH/c1-13(2)10-5-9(8-12)6-11(7-10)14(3)4;;;/h5-7H,8,12H2,1-4H3;3*1H. The Morgan fingerprint density at radius 1 is 0.824 bits per heavy atom. The summed E-state index contributed by atoms with van der Waals surface area (Å²) in [5, 5.41) is 0. The molecule has 1 aromatic rings. The third-order valence-electron chi connectivity index (χ3n) is 2.44. The van der Waals surface area contributed by atoms with Crippen LogP contribution in [-0.4, -0.2) is 28.2 Å². The van der Waals surface area contributed by atoms with Crippen molar-refractivity contribution in [3.8, 4) is 0 Å². The van der Waals surface area contributed by atoms with Gasteiger partial charge in [0.1, 0.15) is 17.9 Å². The number of benzene rings is 1. The Bertz CT molecular complexity index is 291. The number of hydrogen-bond donors (Lipinski definition) is 3. The van der Waals surface area contributed by atoms with Gasteiger partial charge >= 0.3 is 0 Å². The molecule has 0 saturated heterocycles. The molecule has 0 aliphatic heterocycles. The number of nitrogens with one attached hydrogen (secondary N) is 2. The predicted octanol–water partition coefficient (Wildman–Crippen LogP) is -11.0. The number of halogens is 3. The van der Waals surface area contributed by atoms with Crippen LogP contribution in [0, 0.1) is 0 Å². The second kappa shape index (κ2) is 9.95. The van der Waals surface area contributed by atoms with E-state index in [0.29, 0.717) is 0 Å². The summed E-state index contributed by atoms with van der Waals surface area (Å²) in [4.78, 5) is 2.73. The van der Waals surface area contributed by atoms with E-state index in [-0.39, 0.29) is 37.2 Å². The molecule has 5 N–H and O–H groups in total. The van der Waals surface area contributed by atoms with Gasteiger partial charge in [0.15, 0.2) is 0 Å². The Balaban J connectivity index is -0.000000653. The highest BCUT2D eigenvalue weighted by atomic mass is 35.5. The summed E-state index contributed by atoms with van der Waals surface area (Å²) in [5.41, 5.74) is 7.93. The summed E-state index contributed by atoms with van der Waals surface area (Å²) < 4.78 is 0. The molecule has 0 saturated carbocycles. The van der Waals surface area contributed by atoms with Gasteiger partial charge in [-0.2, -0.15) is 0 Å². The lowest BCUT2D eigenvalue weighted by Crippen LogP contribution is -3.02. The van der Waals surface area contributed by atoms with Crippen LogP contribution in [0.1, 0.15) is 5.56 Å². The van der Waals surface area contributed by atoms with Crippen molar-refractivity contribution in [1.29, 1.82) is 0 Å². The first-order valence-electron chi connectivity index (χ1n) is 5.09. The second-order valence-corrected chi connectivity index (χ2v) is 4.17. The van der Waals surface area contributed by atoms with Gasteiger partial charge in [0.05, 0.1) is 34.3 Å². The van der Waals surface area contributed by atoms with Crippen LogP contribution in [0.25, 0.3) is 0 Å². The molecule has 1 rings (SSSR count). The van der Waals surface area contributed by atoms with E-state index in [2.05, 4.69) is 52.1 Å². The lowest BCUT2D eigenvalue weighted by Gasteiger charge is -2.12. The van der Waals surface area contributed by atoms with Gasteiger partial charge in [-0.05, 0) is 0 Å². The first-order chi connectivity index (χ1) is 6.54. The fraction of sp³-hybridized carbons (Fsp3) is 0.455. The first kappa shape index (κ1) is 22.2. The zero-order valence-electron chi connectivity index (χ0n) is 10.8. The number of quaternary nitrogens is 3. The van der Waals surface area contributed by atoms with Crippen molar-refractivity contribution in [2.24, 2.45) is 0 Å². The van der Waals surface area contributed by atoms with Gasteiger partial charge in [-0.1, -0.05) is 0 Å². The molecule has 0 fully saturated rings. The molecule has 0 radical (unpaired) electrons. The molecule has 1 aromatic carbocycles. The van der Waals surface area contributed by atoms with Crippen LogP contribution in [0.15, 0.2) is 18.2 Å². The van der Waals surface area contributed by atoms with Crippen molar-refractivity contribution in [3.63, 3.8) is 0 Å². The van der Waals surface area contributed by atoms with Crippen LogP contribution in [0.2, 0.25) is 0 Å². The van der Waals surface area contributed by atoms with Gasteiger partial charge in [0, 0.05) is 17.7 Å². The topological polar surface area (TPSA) is 36.5 Å². The molecule has 0 aliphatic rings. The van der Waals surface area contributed by atoms with Gasteiger partial charge < -0.3 is 52.8 Å². The zero-order valence-corrected chi connectivity index (χ0v) is 13.0. The minimum atomic E-state index is 0. The summed E-state index contributed by atoms with van der Waals surface area (Å²) in [5.74, 6) is 0. The summed E-state index contributed by atoms with van der Waals surface area (Å²) in [6.07, 6.45) is 0. The maximum Gasteiger partial charge on any atom is 0.137 e. The molecule has 0 bridgehead atoms. The molecule has 0 atom stereocenters. The van der Waals surface area contributed by atoms with Crippen molar-refractivity contribution < 1.29 is 52.8 Å². The molecule has 17 heavy (non-hydrogen) atoms. The number of hydrogen-bond acceptors (Lipinski definition) is 0. The van der Waals surface area contributed by atoms with E-state index in [1.165, 1.54) is 26.7 Å². The monoisotopic (exact) mass is 301 g/mol. The quantitative estimate of drug-likeness (QED) is 0.496. The van der Waals surface area contributed by atoms with Crippen LogP contribution in [0.3, 0.4) is 0 Å². The summed E-state index contributed by atoms with van der Waals surface area (Å²) >= 11 is 0. The van der Waals surface area contributed by atoms with Crippen molar-refractivity contribution in [3.05, 3.63) is 23.8 Å². The van der Waals surface area contributed by atoms with Crippen molar-refractivity contribution in [2.45, 2.75) is 6.54 Å². The van der Waals surface area contributed by atoms with Gasteiger partial charge in [-0.3, -0.25) is 0 Å². The maximum absolute atomic E-state index is 3.94. The Kier molecular flexibility index (Phi) is 13.0. The van der Waals surface area contributed by atoms with Gasteiger partial charge in [0.2, 0.25) is 0 Å². The van der Waals surface area contributed by atoms with Gasteiger partial charge in [0.25, 0.3) is 0 Å². The first-order valence-corrected chi connectivity index (χ1v) is 5.09. The minimum Gasteiger partial charge on any atom is -1.00 e. The Hall–Kier alpha value is -0.0300. The van der Waals surface area contributed by atoms with Gasteiger partial charge in [-0.15, -0.1) is 0 Å². The molecule has 6 heteroatoms. The molecule has 0 heterocycles. The molecule has 102 valence electrons. The van der Waals surface area contributed by atoms with Crippen molar-refractivity contribution in [1.82, 2.24) is 0 Å². The lowest BCUT2D eigenvalue weighted by atomic mass is 10.1. The van der Waals surface area contributed by atoms with Crippen molar-refractivity contribution >= 4 is 11.4 Å². The van der Waals surface area contributed by atoms with E-state index in [9.17, 15) is 0 Å². The van der Waals surface area contributed by atoms with Crippen LogP contribution >= 0.6 is 0 Å². The predicted molar refractivity (Wildman–Crippen MR) is 58.0 cm³/mol. The molecule has 3 nitrogen and oxygen atoms in total. The van der Waals surface area contributed by atoms with E-state index in [4.69, 9.17) is 0 Å². The minimum absolute atomic E-state index is 0.